The van der Waals surface area contributed by atoms with Crippen molar-refractivity contribution in [1.82, 2.24) is 0 Å². The fourth-order valence-electron chi connectivity index (χ4n) is 7.63. The summed E-state index contributed by atoms with van der Waals surface area (Å²) in [5.41, 5.74) is 0.0502. The summed E-state index contributed by atoms with van der Waals surface area (Å²) in [6.45, 7) is 4.60. The van der Waals surface area contributed by atoms with Crippen LogP contribution in [0.1, 0.15) is 78.1 Å². The molecule has 4 aliphatic carbocycles. The zero-order valence-electron chi connectivity index (χ0n) is 15.4. The number of hydrogen-bond acceptors (Lipinski definition) is 2. The molecular formula is C21H36O2. The number of ether oxygens (including phenoxy) is 1. The molecule has 0 heterocycles. The first-order chi connectivity index (χ1) is 10.9. The van der Waals surface area contributed by atoms with Crippen molar-refractivity contribution in [2.24, 2.45) is 35.0 Å². The van der Waals surface area contributed by atoms with Gasteiger partial charge in [0.25, 0.3) is 0 Å². The molecule has 2 nitrogen and oxygen atoms in total. The number of methoxy groups -OCH3 is 1. The molecule has 0 unspecified atom stereocenters. The zero-order valence-corrected chi connectivity index (χ0v) is 15.4. The Kier molecular flexibility index (Phi) is 4.08. The van der Waals surface area contributed by atoms with Crippen LogP contribution in [0.15, 0.2) is 0 Å². The molecule has 4 aliphatic rings. The van der Waals surface area contributed by atoms with Crippen LogP contribution >= 0.6 is 0 Å². The highest BCUT2D eigenvalue weighted by molar-refractivity contribution is 5.06. The lowest BCUT2D eigenvalue weighted by Crippen LogP contribution is -2.47. The molecule has 0 aromatic carbocycles. The Morgan fingerprint density at radius 3 is 2.43 bits per heavy atom. The Morgan fingerprint density at radius 2 is 1.65 bits per heavy atom. The maximum atomic E-state index is 10.5. The molecule has 0 aromatic heterocycles. The van der Waals surface area contributed by atoms with Crippen LogP contribution in [0.5, 0.6) is 0 Å². The topological polar surface area (TPSA) is 29.5 Å². The van der Waals surface area contributed by atoms with Gasteiger partial charge in [-0.1, -0.05) is 19.8 Å². The third kappa shape index (κ3) is 2.59. The second kappa shape index (κ2) is 5.73. The minimum absolute atomic E-state index is 0.390. The third-order valence-electron chi connectivity index (χ3n) is 8.68. The van der Waals surface area contributed by atoms with Crippen LogP contribution in [0.2, 0.25) is 0 Å². The Balaban J connectivity index is 1.58. The Hall–Kier alpha value is -0.0800. The maximum Gasteiger partial charge on any atom is 0.0627 e. The summed E-state index contributed by atoms with van der Waals surface area (Å²) in [5, 5.41) is 10.5. The smallest absolute Gasteiger partial charge is 0.0627 e. The van der Waals surface area contributed by atoms with E-state index in [9.17, 15) is 5.11 Å². The number of rotatable bonds is 1. The summed E-state index contributed by atoms with van der Waals surface area (Å²) in [7, 11) is 1.93. The van der Waals surface area contributed by atoms with E-state index in [2.05, 4.69) is 13.8 Å². The van der Waals surface area contributed by atoms with Crippen LogP contribution in [0, 0.1) is 35.0 Å². The molecule has 1 N–H and O–H groups in total. The van der Waals surface area contributed by atoms with Gasteiger partial charge in [0.05, 0.1) is 11.7 Å². The summed E-state index contributed by atoms with van der Waals surface area (Å²) < 4.78 is 5.90. The van der Waals surface area contributed by atoms with Gasteiger partial charge >= 0.3 is 0 Å². The van der Waals surface area contributed by atoms with Crippen LogP contribution in [0.25, 0.3) is 0 Å². The quantitative estimate of drug-likeness (QED) is 0.752. The maximum absolute atomic E-state index is 10.5. The fraction of sp³-hybridized carbons (Fsp3) is 1.00. The van der Waals surface area contributed by atoms with Gasteiger partial charge in [0.15, 0.2) is 0 Å². The Bertz CT molecular complexity index is 445. The molecule has 2 heteroatoms. The van der Waals surface area contributed by atoms with Gasteiger partial charge in [-0.2, -0.15) is 0 Å². The van der Waals surface area contributed by atoms with Gasteiger partial charge in [0.1, 0.15) is 0 Å². The standard InChI is InChI=1S/C21H36O2/c1-20(22)11-9-15-14(13-20)5-4-6-17-16(15)10-12-21(2)18(17)7-8-19(21)23-3/h14-19,22H,4-13H2,1-3H3/t14-,15-,16+,17+,18-,19-,20+,21-/m0/s1. The second-order valence-electron chi connectivity index (χ2n) is 9.87. The van der Waals surface area contributed by atoms with E-state index in [1.165, 1.54) is 51.4 Å². The highest BCUT2D eigenvalue weighted by Gasteiger charge is 2.56. The molecular weight excluding hydrogens is 284 g/mol. The van der Waals surface area contributed by atoms with Crippen molar-refractivity contribution < 1.29 is 9.84 Å². The zero-order chi connectivity index (χ0) is 16.2. The summed E-state index contributed by atoms with van der Waals surface area (Å²) in [4.78, 5) is 0. The minimum atomic E-state index is -0.390. The van der Waals surface area contributed by atoms with Crippen molar-refractivity contribution in [3.63, 3.8) is 0 Å². The van der Waals surface area contributed by atoms with E-state index in [0.29, 0.717) is 11.5 Å². The van der Waals surface area contributed by atoms with E-state index < -0.39 is 5.60 Å². The summed E-state index contributed by atoms with van der Waals surface area (Å²) >= 11 is 0. The molecule has 0 saturated heterocycles. The number of fused-ring (bicyclic) bond motifs is 5. The SMILES string of the molecule is CO[C@H]1CC[C@H]2[C@@H]3CCC[C@H]4C[C@](C)(O)CC[C@@H]4[C@H]3CC[C@]12C. The van der Waals surface area contributed by atoms with Crippen LogP contribution in [-0.2, 0) is 4.74 Å². The lowest BCUT2D eigenvalue weighted by atomic mass is 9.54. The lowest BCUT2D eigenvalue weighted by molar-refractivity contribution is -0.0832. The summed E-state index contributed by atoms with van der Waals surface area (Å²) in [6, 6.07) is 0. The van der Waals surface area contributed by atoms with E-state index in [4.69, 9.17) is 4.74 Å². The second-order valence-corrected chi connectivity index (χ2v) is 9.87. The molecule has 4 saturated carbocycles. The first kappa shape index (κ1) is 16.4. The Morgan fingerprint density at radius 1 is 0.870 bits per heavy atom. The van der Waals surface area contributed by atoms with Crippen molar-refractivity contribution in [2.75, 3.05) is 7.11 Å². The highest BCUT2D eigenvalue weighted by atomic mass is 16.5. The molecule has 23 heavy (non-hydrogen) atoms. The van der Waals surface area contributed by atoms with Gasteiger partial charge in [0.2, 0.25) is 0 Å². The largest absolute Gasteiger partial charge is 0.390 e. The summed E-state index contributed by atoms with van der Waals surface area (Å²) in [6.07, 6.45) is 13.5. The third-order valence-corrected chi connectivity index (χ3v) is 8.68. The van der Waals surface area contributed by atoms with Crippen LogP contribution in [0.4, 0.5) is 0 Å². The predicted molar refractivity (Wildman–Crippen MR) is 93.1 cm³/mol. The summed E-state index contributed by atoms with van der Waals surface area (Å²) in [5.74, 6) is 4.46. The predicted octanol–water partition coefficient (Wildman–Crippen LogP) is 4.80. The van der Waals surface area contributed by atoms with Crippen LogP contribution < -0.4 is 0 Å². The molecule has 0 aromatic rings. The van der Waals surface area contributed by atoms with Crippen molar-refractivity contribution in [2.45, 2.75) is 89.8 Å². The molecule has 4 fully saturated rings. The van der Waals surface area contributed by atoms with E-state index in [1.54, 1.807) is 0 Å². The molecule has 132 valence electrons. The molecule has 0 radical (unpaired) electrons. The first-order valence-corrected chi connectivity index (χ1v) is 10.2. The van der Waals surface area contributed by atoms with E-state index >= 15 is 0 Å². The normalized spacial score (nSPS) is 56.3. The monoisotopic (exact) mass is 320 g/mol. The Labute approximate surface area is 142 Å². The average molecular weight is 321 g/mol. The van der Waals surface area contributed by atoms with Gasteiger partial charge in [-0.3, -0.25) is 0 Å². The van der Waals surface area contributed by atoms with Crippen LogP contribution in [0.3, 0.4) is 0 Å². The van der Waals surface area contributed by atoms with Crippen molar-refractivity contribution >= 4 is 0 Å². The molecule has 0 aliphatic heterocycles. The van der Waals surface area contributed by atoms with Gasteiger partial charge in [-0.25, -0.2) is 0 Å². The molecule has 0 amide bonds. The van der Waals surface area contributed by atoms with Crippen molar-refractivity contribution in [1.29, 1.82) is 0 Å². The first-order valence-electron chi connectivity index (χ1n) is 10.2. The average Bonchev–Trinajstić information content (AvgIpc) is 2.73. The van der Waals surface area contributed by atoms with Gasteiger partial charge in [-0.05, 0) is 93.3 Å². The van der Waals surface area contributed by atoms with Crippen molar-refractivity contribution in [3.8, 4) is 0 Å². The number of hydrogen-bond donors (Lipinski definition) is 1. The fourth-order valence-corrected chi connectivity index (χ4v) is 7.63. The van der Waals surface area contributed by atoms with E-state index in [-0.39, 0.29) is 0 Å². The van der Waals surface area contributed by atoms with Crippen LogP contribution in [-0.4, -0.2) is 23.9 Å². The van der Waals surface area contributed by atoms with Gasteiger partial charge < -0.3 is 9.84 Å². The van der Waals surface area contributed by atoms with Crippen molar-refractivity contribution in [3.05, 3.63) is 0 Å². The van der Waals surface area contributed by atoms with E-state index in [0.717, 1.165) is 42.4 Å². The molecule has 4 rings (SSSR count). The molecule has 0 spiro atoms. The number of aliphatic hydroxyl groups is 1. The van der Waals surface area contributed by atoms with Gasteiger partial charge in [0, 0.05) is 7.11 Å². The highest BCUT2D eigenvalue weighted by Crippen LogP contribution is 2.62. The molecule has 0 bridgehead atoms. The minimum Gasteiger partial charge on any atom is -0.390 e. The molecule has 8 atom stereocenters. The van der Waals surface area contributed by atoms with Gasteiger partial charge in [-0.15, -0.1) is 0 Å². The van der Waals surface area contributed by atoms with E-state index in [1.807, 2.05) is 7.11 Å². The lowest BCUT2D eigenvalue weighted by Gasteiger charge is -2.52.